The predicted octanol–water partition coefficient (Wildman–Crippen LogP) is 2.69. The van der Waals surface area contributed by atoms with Crippen molar-refractivity contribution in [3.05, 3.63) is 34.9 Å². The van der Waals surface area contributed by atoms with Gasteiger partial charge < -0.3 is 10.1 Å². The largest absolute Gasteiger partial charge is 0.377 e. The van der Waals surface area contributed by atoms with E-state index in [-0.39, 0.29) is 0 Å². The van der Waals surface area contributed by atoms with Crippen molar-refractivity contribution < 1.29 is 13.2 Å². The summed E-state index contributed by atoms with van der Waals surface area (Å²) >= 11 is 0. The third-order valence-corrected chi connectivity index (χ3v) is 6.85. The van der Waals surface area contributed by atoms with Crippen molar-refractivity contribution in [2.45, 2.75) is 51.7 Å². The number of fused-ring (bicyclic) bond motifs is 1. The second-order valence-electron chi connectivity index (χ2n) is 7.69. The van der Waals surface area contributed by atoms with E-state index in [9.17, 15) is 8.42 Å². The highest BCUT2D eigenvalue weighted by atomic mass is 32.2. The lowest BCUT2D eigenvalue weighted by molar-refractivity contribution is 0.115. The number of hydrogen-bond acceptors (Lipinski definition) is 4. The number of rotatable bonds is 8. The molecule has 1 aromatic rings. The van der Waals surface area contributed by atoms with E-state index in [2.05, 4.69) is 23.5 Å². The minimum atomic E-state index is -3.10. The van der Waals surface area contributed by atoms with Gasteiger partial charge >= 0.3 is 0 Å². The average molecular weight is 381 g/mol. The Morgan fingerprint density at radius 2 is 2.00 bits per heavy atom. The van der Waals surface area contributed by atoms with Gasteiger partial charge in [0.15, 0.2) is 0 Å². The van der Waals surface area contributed by atoms with Crippen LogP contribution in [-0.2, 0) is 34.3 Å². The summed E-state index contributed by atoms with van der Waals surface area (Å²) in [5.41, 5.74) is 3.57. The quantitative estimate of drug-likeness (QED) is 0.705. The molecule has 1 saturated heterocycles. The lowest BCUT2D eigenvalue weighted by Gasteiger charge is -2.27. The first kappa shape index (κ1) is 19.8. The molecule has 0 aromatic heterocycles. The molecule has 5 nitrogen and oxygen atoms in total. The summed E-state index contributed by atoms with van der Waals surface area (Å²) in [7, 11) is -3.10. The van der Waals surface area contributed by atoms with E-state index >= 15 is 0 Å². The Labute approximate surface area is 158 Å². The number of sulfonamides is 1. The first-order chi connectivity index (χ1) is 12.5. The second kappa shape index (κ2) is 9.31. The van der Waals surface area contributed by atoms with E-state index < -0.39 is 10.0 Å². The van der Waals surface area contributed by atoms with Crippen molar-refractivity contribution in [3.63, 3.8) is 0 Å². The molecule has 0 unspecified atom stereocenters. The van der Waals surface area contributed by atoms with Crippen LogP contribution in [0.1, 0.15) is 48.8 Å². The highest BCUT2D eigenvalue weighted by Gasteiger charge is 2.23. The summed E-state index contributed by atoms with van der Waals surface area (Å²) in [6.45, 7) is 4.90. The van der Waals surface area contributed by atoms with Crippen LogP contribution < -0.4 is 5.32 Å². The van der Waals surface area contributed by atoms with Gasteiger partial charge in [-0.3, -0.25) is 0 Å². The van der Waals surface area contributed by atoms with Gasteiger partial charge in [-0.15, -0.1) is 0 Å². The Hall–Kier alpha value is -0.950. The lowest BCUT2D eigenvalue weighted by Crippen LogP contribution is -2.35. The lowest BCUT2D eigenvalue weighted by atomic mass is 9.93. The summed E-state index contributed by atoms with van der Waals surface area (Å²) < 4.78 is 30.8. The fourth-order valence-electron chi connectivity index (χ4n) is 3.95. The van der Waals surface area contributed by atoms with Gasteiger partial charge in [0.2, 0.25) is 10.0 Å². The molecule has 2 aliphatic heterocycles. The van der Waals surface area contributed by atoms with Gasteiger partial charge in [-0.2, -0.15) is 4.31 Å². The Balaban J connectivity index is 1.37. The smallest absolute Gasteiger partial charge is 0.211 e. The minimum Gasteiger partial charge on any atom is -0.377 e. The van der Waals surface area contributed by atoms with Gasteiger partial charge in [0, 0.05) is 19.7 Å². The Kier molecular flexibility index (Phi) is 7.09. The molecular weight excluding hydrogens is 348 g/mol. The monoisotopic (exact) mass is 380 g/mol. The van der Waals surface area contributed by atoms with Crippen LogP contribution in [0.2, 0.25) is 0 Å². The van der Waals surface area contributed by atoms with Gasteiger partial charge in [0.05, 0.1) is 12.9 Å². The molecule has 0 aliphatic carbocycles. The van der Waals surface area contributed by atoms with Gasteiger partial charge in [-0.25, -0.2) is 8.42 Å². The van der Waals surface area contributed by atoms with E-state index in [1.54, 1.807) is 4.31 Å². The zero-order valence-corrected chi connectivity index (χ0v) is 16.7. The molecule has 1 fully saturated rings. The molecule has 0 amide bonds. The summed E-state index contributed by atoms with van der Waals surface area (Å²) in [5, 5.41) is 3.42. The summed E-state index contributed by atoms with van der Waals surface area (Å²) in [4.78, 5) is 0. The number of benzene rings is 1. The van der Waals surface area contributed by atoms with Crippen LogP contribution >= 0.6 is 0 Å². The SMILES string of the molecule is CS(=O)(=O)N1CCc2cc(COCCCCC3CCNCC3)ccc2C1. The third-order valence-electron chi connectivity index (χ3n) is 5.60. The molecule has 6 heteroatoms. The second-order valence-corrected chi connectivity index (χ2v) is 9.67. The summed E-state index contributed by atoms with van der Waals surface area (Å²) in [5.74, 6) is 0.906. The topological polar surface area (TPSA) is 58.6 Å². The molecule has 146 valence electrons. The predicted molar refractivity (Wildman–Crippen MR) is 105 cm³/mol. The van der Waals surface area contributed by atoms with Crippen LogP contribution in [0, 0.1) is 5.92 Å². The van der Waals surface area contributed by atoms with Crippen LogP contribution in [-0.4, -0.2) is 45.2 Å². The maximum Gasteiger partial charge on any atom is 0.211 e. The van der Waals surface area contributed by atoms with Gasteiger partial charge in [0.25, 0.3) is 0 Å². The normalized spacial score (nSPS) is 19.4. The van der Waals surface area contributed by atoms with Crippen LogP contribution in [0.5, 0.6) is 0 Å². The van der Waals surface area contributed by atoms with Gasteiger partial charge in [-0.1, -0.05) is 31.0 Å². The molecular formula is C20H32N2O3S. The van der Waals surface area contributed by atoms with Gasteiger partial charge in [0.1, 0.15) is 0 Å². The maximum atomic E-state index is 11.7. The van der Waals surface area contributed by atoms with Crippen molar-refractivity contribution in [3.8, 4) is 0 Å². The minimum absolute atomic E-state index is 0.492. The number of unbranched alkanes of at least 4 members (excludes halogenated alkanes) is 1. The number of nitrogens with zero attached hydrogens (tertiary/aromatic N) is 1. The van der Waals surface area contributed by atoms with Crippen molar-refractivity contribution in [2.75, 3.05) is 32.5 Å². The molecule has 0 radical (unpaired) electrons. The molecule has 3 rings (SSSR count). The first-order valence-electron chi connectivity index (χ1n) is 9.86. The Bertz CT molecular complexity index is 684. The van der Waals surface area contributed by atoms with Crippen molar-refractivity contribution in [1.82, 2.24) is 9.62 Å². The number of ether oxygens (including phenoxy) is 1. The standard InChI is InChI=1S/C20H32N2O3S/c1-26(23,24)22-12-9-19-14-18(5-6-20(19)15-22)16-25-13-3-2-4-17-7-10-21-11-8-17/h5-6,14,17,21H,2-4,7-13,15-16H2,1H3. The molecule has 0 atom stereocenters. The third kappa shape index (κ3) is 5.78. The zero-order chi connectivity index (χ0) is 18.4. The molecule has 0 spiro atoms. The van der Waals surface area contributed by atoms with Crippen LogP contribution in [0.3, 0.4) is 0 Å². The molecule has 0 saturated carbocycles. The fraction of sp³-hybridized carbons (Fsp3) is 0.700. The highest BCUT2D eigenvalue weighted by Crippen LogP contribution is 2.22. The van der Waals surface area contributed by atoms with Crippen molar-refractivity contribution >= 4 is 10.0 Å². The van der Waals surface area contributed by atoms with Gasteiger partial charge in [-0.05, 0) is 61.4 Å². The zero-order valence-electron chi connectivity index (χ0n) is 15.9. The molecule has 0 bridgehead atoms. The van der Waals surface area contributed by atoms with Crippen LogP contribution in [0.4, 0.5) is 0 Å². The van der Waals surface area contributed by atoms with E-state index in [0.717, 1.165) is 30.9 Å². The van der Waals surface area contributed by atoms with Crippen molar-refractivity contribution in [2.24, 2.45) is 5.92 Å². The van der Waals surface area contributed by atoms with E-state index in [0.29, 0.717) is 19.7 Å². The van der Waals surface area contributed by atoms with Crippen LogP contribution in [0.15, 0.2) is 18.2 Å². The maximum absolute atomic E-state index is 11.7. The molecule has 1 N–H and O–H groups in total. The number of piperidine rings is 1. The van der Waals surface area contributed by atoms with E-state index in [1.807, 2.05) is 0 Å². The molecule has 2 heterocycles. The van der Waals surface area contributed by atoms with E-state index in [4.69, 9.17) is 4.74 Å². The first-order valence-corrected chi connectivity index (χ1v) is 11.7. The fourth-order valence-corrected chi connectivity index (χ4v) is 4.75. The Morgan fingerprint density at radius 3 is 2.77 bits per heavy atom. The molecule has 2 aliphatic rings. The van der Waals surface area contributed by atoms with Crippen molar-refractivity contribution in [1.29, 1.82) is 0 Å². The average Bonchev–Trinajstić information content (AvgIpc) is 2.64. The number of nitrogens with one attached hydrogen (secondary N) is 1. The van der Waals surface area contributed by atoms with E-state index in [1.165, 1.54) is 56.2 Å². The summed E-state index contributed by atoms with van der Waals surface area (Å²) in [6, 6.07) is 6.31. The van der Waals surface area contributed by atoms with Crippen LogP contribution in [0.25, 0.3) is 0 Å². The highest BCUT2D eigenvalue weighted by molar-refractivity contribution is 7.88. The molecule has 1 aromatic carbocycles. The number of hydrogen-bond donors (Lipinski definition) is 1. The summed E-state index contributed by atoms with van der Waals surface area (Å²) in [6.07, 6.45) is 8.45. The Morgan fingerprint density at radius 1 is 1.19 bits per heavy atom. The molecule has 26 heavy (non-hydrogen) atoms.